The number of hydrogen-bond donors (Lipinski definition) is 2. The van der Waals surface area contributed by atoms with Crippen LogP contribution in [0.25, 0.3) is 0 Å². The van der Waals surface area contributed by atoms with Crippen LogP contribution in [0.5, 0.6) is 0 Å². The van der Waals surface area contributed by atoms with Gasteiger partial charge in [0.25, 0.3) is 0 Å². The minimum absolute atomic E-state index is 0.284. The van der Waals surface area contributed by atoms with Crippen LogP contribution in [0.15, 0.2) is 30.4 Å². The molecule has 1 aromatic carbocycles. The van der Waals surface area contributed by atoms with E-state index in [-0.39, 0.29) is 5.91 Å². The van der Waals surface area contributed by atoms with Gasteiger partial charge in [0.1, 0.15) is 5.92 Å². The Kier molecular flexibility index (Phi) is 3.74. The van der Waals surface area contributed by atoms with Crippen molar-refractivity contribution in [2.45, 2.75) is 32.5 Å². The molecule has 1 amide bonds. The molecule has 1 saturated heterocycles. The number of ether oxygens (including phenoxy) is 1. The fourth-order valence-corrected chi connectivity index (χ4v) is 3.32. The van der Waals surface area contributed by atoms with Crippen molar-refractivity contribution in [2.75, 3.05) is 5.32 Å². The van der Waals surface area contributed by atoms with Crippen LogP contribution in [0.1, 0.15) is 18.1 Å². The first-order valence-electron chi connectivity index (χ1n) is 7.49. The van der Waals surface area contributed by atoms with E-state index in [1.54, 1.807) is 12.2 Å². The van der Waals surface area contributed by atoms with Crippen LogP contribution in [-0.4, -0.2) is 29.2 Å². The molecule has 2 bridgehead atoms. The SMILES string of the molecule is CCc1cccc(C)c1NC(=O)[C@H]1[C@@H](C(=O)O)[C@H]2C=C[C@H]1O2. The Morgan fingerprint density at radius 3 is 2.55 bits per heavy atom. The lowest BCUT2D eigenvalue weighted by atomic mass is 9.82. The van der Waals surface area contributed by atoms with E-state index in [9.17, 15) is 14.7 Å². The molecule has 2 aliphatic heterocycles. The van der Waals surface area contributed by atoms with Gasteiger partial charge in [0.05, 0.1) is 18.1 Å². The molecule has 2 aliphatic rings. The van der Waals surface area contributed by atoms with Gasteiger partial charge in [-0.1, -0.05) is 37.3 Å². The van der Waals surface area contributed by atoms with E-state index in [4.69, 9.17) is 4.74 Å². The summed E-state index contributed by atoms with van der Waals surface area (Å²) in [6.45, 7) is 3.95. The summed E-state index contributed by atoms with van der Waals surface area (Å²) in [6, 6.07) is 5.85. The molecule has 0 radical (unpaired) electrons. The lowest BCUT2D eigenvalue weighted by Gasteiger charge is -2.22. The number of rotatable bonds is 4. The van der Waals surface area contributed by atoms with E-state index in [0.29, 0.717) is 0 Å². The number of aliphatic carboxylic acids is 1. The van der Waals surface area contributed by atoms with E-state index < -0.39 is 30.0 Å². The maximum absolute atomic E-state index is 12.7. The Hall–Kier alpha value is -2.14. The molecule has 0 unspecified atom stereocenters. The predicted molar refractivity (Wildman–Crippen MR) is 81.6 cm³/mol. The van der Waals surface area contributed by atoms with E-state index in [0.717, 1.165) is 23.2 Å². The molecule has 5 nitrogen and oxygen atoms in total. The molecule has 0 spiro atoms. The lowest BCUT2D eigenvalue weighted by molar-refractivity contribution is -0.145. The van der Waals surface area contributed by atoms with Crippen LogP contribution in [0.2, 0.25) is 0 Å². The Bertz CT molecular complexity index is 652. The minimum atomic E-state index is -0.988. The highest BCUT2D eigenvalue weighted by molar-refractivity contribution is 5.97. The normalized spacial score (nSPS) is 28.8. The summed E-state index contributed by atoms with van der Waals surface area (Å²) < 4.78 is 5.55. The van der Waals surface area contributed by atoms with E-state index in [1.165, 1.54) is 0 Å². The maximum Gasteiger partial charge on any atom is 0.310 e. The average molecular weight is 301 g/mol. The van der Waals surface area contributed by atoms with Crippen molar-refractivity contribution >= 4 is 17.6 Å². The van der Waals surface area contributed by atoms with Crippen LogP contribution in [0.4, 0.5) is 5.69 Å². The Morgan fingerprint density at radius 1 is 1.23 bits per heavy atom. The number of nitrogens with one attached hydrogen (secondary N) is 1. The fraction of sp³-hybridized carbons (Fsp3) is 0.412. The molecule has 0 aliphatic carbocycles. The highest BCUT2D eigenvalue weighted by atomic mass is 16.5. The number of hydrogen-bond acceptors (Lipinski definition) is 3. The number of fused-ring (bicyclic) bond motifs is 2. The monoisotopic (exact) mass is 301 g/mol. The summed E-state index contributed by atoms with van der Waals surface area (Å²) in [5, 5.41) is 12.3. The van der Waals surface area contributed by atoms with Crippen molar-refractivity contribution in [1.29, 1.82) is 0 Å². The molecule has 2 heterocycles. The predicted octanol–water partition coefficient (Wildman–Crippen LogP) is 2.15. The molecule has 1 fully saturated rings. The molecule has 3 rings (SSSR count). The van der Waals surface area contributed by atoms with Gasteiger partial charge < -0.3 is 15.2 Å². The second-order valence-corrected chi connectivity index (χ2v) is 5.79. The minimum Gasteiger partial charge on any atom is -0.481 e. The highest BCUT2D eigenvalue weighted by Gasteiger charge is 2.53. The number of carbonyl (C=O) groups is 2. The van der Waals surface area contributed by atoms with Crippen LogP contribution in [-0.2, 0) is 20.7 Å². The van der Waals surface area contributed by atoms with Gasteiger partial charge in [-0.05, 0) is 24.5 Å². The quantitative estimate of drug-likeness (QED) is 0.836. The molecule has 0 aromatic heterocycles. The van der Waals surface area contributed by atoms with Crippen LogP contribution >= 0.6 is 0 Å². The molecular weight excluding hydrogens is 282 g/mol. The zero-order chi connectivity index (χ0) is 15.9. The highest BCUT2D eigenvalue weighted by Crippen LogP contribution is 2.40. The largest absolute Gasteiger partial charge is 0.481 e. The summed E-state index contributed by atoms with van der Waals surface area (Å²) in [7, 11) is 0. The number of carboxylic acids is 1. The summed E-state index contributed by atoms with van der Waals surface area (Å²) in [6.07, 6.45) is 3.37. The number of anilines is 1. The first-order valence-corrected chi connectivity index (χ1v) is 7.49. The van der Waals surface area contributed by atoms with Crippen molar-refractivity contribution < 1.29 is 19.4 Å². The molecule has 1 aromatic rings. The Labute approximate surface area is 129 Å². The van der Waals surface area contributed by atoms with Crippen LogP contribution in [0, 0.1) is 18.8 Å². The van der Waals surface area contributed by atoms with E-state index >= 15 is 0 Å². The van der Waals surface area contributed by atoms with Crippen molar-refractivity contribution in [1.82, 2.24) is 0 Å². The topological polar surface area (TPSA) is 75.6 Å². The van der Waals surface area contributed by atoms with Crippen LogP contribution < -0.4 is 5.32 Å². The lowest BCUT2D eigenvalue weighted by Crippen LogP contribution is -2.39. The second-order valence-electron chi connectivity index (χ2n) is 5.79. The first-order chi connectivity index (χ1) is 10.5. The average Bonchev–Trinajstić information content (AvgIpc) is 3.09. The molecule has 2 N–H and O–H groups in total. The van der Waals surface area contributed by atoms with E-state index in [2.05, 4.69) is 5.32 Å². The maximum atomic E-state index is 12.7. The van der Waals surface area contributed by atoms with Gasteiger partial charge in [-0.15, -0.1) is 0 Å². The summed E-state index contributed by atoms with van der Waals surface area (Å²) in [4.78, 5) is 24.1. The molecular formula is C17H19NO4. The van der Waals surface area contributed by atoms with Gasteiger partial charge in [-0.25, -0.2) is 0 Å². The van der Waals surface area contributed by atoms with Crippen molar-refractivity contribution in [2.24, 2.45) is 11.8 Å². The third-order valence-corrected chi connectivity index (χ3v) is 4.48. The third-order valence-electron chi connectivity index (χ3n) is 4.48. The molecule has 22 heavy (non-hydrogen) atoms. The number of carboxylic acid groups (broad SMARTS) is 1. The Balaban J connectivity index is 1.86. The smallest absolute Gasteiger partial charge is 0.310 e. The number of aryl methyl sites for hydroxylation is 2. The summed E-state index contributed by atoms with van der Waals surface area (Å²) in [5.74, 6) is -2.77. The van der Waals surface area contributed by atoms with E-state index in [1.807, 2.05) is 32.0 Å². The van der Waals surface area contributed by atoms with Gasteiger partial charge in [0.2, 0.25) is 5.91 Å². The van der Waals surface area contributed by atoms with Crippen LogP contribution in [0.3, 0.4) is 0 Å². The fourth-order valence-electron chi connectivity index (χ4n) is 3.32. The second kappa shape index (κ2) is 5.57. The summed E-state index contributed by atoms with van der Waals surface area (Å²) >= 11 is 0. The standard InChI is InChI=1S/C17H19NO4/c1-3-10-6-4-5-9(2)15(10)18-16(19)13-11-7-8-12(22-11)14(13)17(20)21/h4-8,11-14H,3H2,1-2H3,(H,18,19)(H,20,21)/t11-,12-,13-,14+/m1/s1. The zero-order valence-electron chi connectivity index (χ0n) is 12.6. The number of carbonyl (C=O) groups excluding carboxylic acids is 1. The van der Waals surface area contributed by atoms with Crippen molar-refractivity contribution in [3.05, 3.63) is 41.5 Å². The zero-order valence-corrected chi connectivity index (χ0v) is 12.6. The van der Waals surface area contributed by atoms with Gasteiger partial charge in [0, 0.05) is 5.69 Å². The molecule has 4 atom stereocenters. The molecule has 5 heteroatoms. The molecule has 116 valence electrons. The first kappa shape index (κ1) is 14.8. The van der Waals surface area contributed by atoms with Gasteiger partial charge >= 0.3 is 5.97 Å². The van der Waals surface area contributed by atoms with Crippen molar-refractivity contribution in [3.8, 4) is 0 Å². The van der Waals surface area contributed by atoms with Gasteiger partial charge in [-0.2, -0.15) is 0 Å². The van der Waals surface area contributed by atoms with Gasteiger partial charge in [-0.3, -0.25) is 9.59 Å². The molecule has 0 saturated carbocycles. The Morgan fingerprint density at radius 2 is 1.91 bits per heavy atom. The number of benzene rings is 1. The van der Waals surface area contributed by atoms with Gasteiger partial charge in [0.15, 0.2) is 0 Å². The summed E-state index contributed by atoms with van der Waals surface area (Å²) in [5.41, 5.74) is 2.80. The third kappa shape index (κ3) is 2.31. The van der Waals surface area contributed by atoms with Crippen molar-refractivity contribution in [3.63, 3.8) is 0 Å². The number of amides is 1. The number of para-hydroxylation sites is 1.